The van der Waals surface area contributed by atoms with Crippen molar-refractivity contribution in [3.05, 3.63) is 35.4 Å². The number of carbonyl (C=O) groups is 1. The van der Waals surface area contributed by atoms with Crippen molar-refractivity contribution >= 4 is 23.3 Å². The van der Waals surface area contributed by atoms with E-state index in [0.717, 1.165) is 5.56 Å². The Morgan fingerprint density at radius 2 is 1.65 bits per heavy atom. The minimum atomic E-state index is -0.574. The maximum Gasteiger partial charge on any atom is 0.369 e. The predicted molar refractivity (Wildman–Crippen MR) is 76.8 cm³/mol. The molecule has 6 nitrogen and oxygen atoms in total. The fourth-order valence-electron chi connectivity index (χ4n) is 2.02. The molecule has 2 heterocycles. The van der Waals surface area contributed by atoms with E-state index in [1.165, 1.54) is 5.56 Å². The number of amides is 2. The van der Waals surface area contributed by atoms with Crippen LogP contribution in [0.25, 0.3) is 0 Å². The molecule has 0 spiro atoms. The van der Waals surface area contributed by atoms with Gasteiger partial charge in [0.05, 0.1) is 0 Å². The van der Waals surface area contributed by atoms with Crippen molar-refractivity contribution < 1.29 is 4.79 Å². The van der Waals surface area contributed by atoms with Gasteiger partial charge in [0, 0.05) is 5.56 Å². The van der Waals surface area contributed by atoms with E-state index < -0.39 is 6.03 Å². The maximum atomic E-state index is 11.5. The number of hydrogen-bond acceptors (Lipinski definition) is 4. The molecule has 3 rings (SSSR count). The number of carbonyl (C=O) groups excluding carboxylic acids is 1. The summed E-state index contributed by atoms with van der Waals surface area (Å²) in [6.45, 7) is 6.44. The van der Waals surface area contributed by atoms with Gasteiger partial charge in [-0.25, -0.2) is 4.79 Å². The van der Waals surface area contributed by atoms with Crippen LogP contribution in [0.15, 0.2) is 49.7 Å². The Morgan fingerprint density at radius 3 is 2.30 bits per heavy atom. The van der Waals surface area contributed by atoms with Crippen LogP contribution in [0.1, 0.15) is 31.9 Å². The van der Waals surface area contributed by atoms with Crippen molar-refractivity contribution in [2.75, 3.05) is 0 Å². The van der Waals surface area contributed by atoms with Gasteiger partial charge in [-0.15, -0.1) is 10.2 Å². The molecular formula is C14H13N5O. The molecule has 0 atom stereocenters. The van der Waals surface area contributed by atoms with Gasteiger partial charge in [0.2, 0.25) is 5.84 Å². The first-order chi connectivity index (χ1) is 9.45. The highest BCUT2D eigenvalue weighted by Gasteiger charge is 2.28. The molecule has 2 amide bonds. The minimum absolute atomic E-state index is 0.0743. The molecule has 1 aromatic rings. The zero-order valence-electron chi connectivity index (χ0n) is 11.5. The van der Waals surface area contributed by atoms with Gasteiger partial charge in [0.15, 0.2) is 5.71 Å². The second-order valence-electron chi connectivity index (χ2n) is 5.64. The van der Waals surface area contributed by atoms with Gasteiger partial charge in [-0.2, -0.15) is 9.98 Å². The Kier molecular flexibility index (Phi) is 2.67. The van der Waals surface area contributed by atoms with E-state index in [2.05, 4.69) is 46.2 Å². The molecule has 2 aliphatic rings. The highest BCUT2D eigenvalue weighted by Crippen LogP contribution is 2.23. The van der Waals surface area contributed by atoms with E-state index in [-0.39, 0.29) is 11.3 Å². The lowest BCUT2D eigenvalue weighted by atomic mass is 9.86. The van der Waals surface area contributed by atoms with E-state index in [4.69, 9.17) is 0 Å². The third kappa shape index (κ3) is 2.09. The summed E-state index contributed by atoms with van der Waals surface area (Å²) in [5.74, 6) is 0.236. The van der Waals surface area contributed by atoms with Crippen molar-refractivity contribution in [2.24, 2.45) is 25.4 Å². The first kappa shape index (κ1) is 12.5. The molecule has 0 bridgehead atoms. The second kappa shape index (κ2) is 4.26. The van der Waals surface area contributed by atoms with E-state index in [0.29, 0.717) is 11.4 Å². The SMILES string of the molecule is CC(C)(C)c1ccc(C2=NC(=O)N=C3N=NN=C32)cc1. The highest BCUT2D eigenvalue weighted by atomic mass is 16.2. The topological polar surface area (TPSA) is 78.9 Å². The molecule has 0 fully saturated rings. The fraction of sp³-hybridized carbons (Fsp3) is 0.286. The number of amidine groups is 1. The summed E-state index contributed by atoms with van der Waals surface area (Å²) in [5, 5.41) is 11.1. The van der Waals surface area contributed by atoms with Crippen molar-refractivity contribution in [3.63, 3.8) is 0 Å². The number of rotatable bonds is 1. The van der Waals surface area contributed by atoms with Crippen LogP contribution in [-0.2, 0) is 5.41 Å². The van der Waals surface area contributed by atoms with Crippen LogP contribution in [0, 0.1) is 0 Å². The monoisotopic (exact) mass is 267 g/mol. The number of urea groups is 1. The molecule has 0 aromatic heterocycles. The van der Waals surface area contributed by atoms with Crippen molar-refractivity contribution in [1.29, 1.82) is 0 Å². The predicted octanol–water partition coefficient (Wildman–Crippen LogP) is 3.13. The summed E-state index contributed by atoms with van der Waals surface area (Å²) in [7, 11) is 0. The number of aliphatic imine (C=N–C) groups is 2. The maximum absolute atomic E-state index is 11.5. The van der Waals surface area contributed by atoms with Crippen LogP contribution >= 0.6 is 0 Å². The third-order valence-corrected chi connectivity index (χ3v) is 3.15. The summed E-state index contributed by atoms with van der Waals surface area (Å²) in [5.41, 5.74) is 3.02. The third-order valence-electron chi connectivity index (χ3n) is 3.15. The number of benzene rings is 1. The van der Waals surface area contributed by atoms with Crippen LogP contribution in [0.5, 0.6) is 0 Å². The average molecular weight is 267 g/mol. The van der Waals surface area contributed by atoms with Crippen LogP contribution in [-0.4, -0.2) is 23.3 Å². The average Bonchev–Trinajstić information content (AvgIpc) is 2.85. The van der Waals surface area contributed by atoms with Crippen molar-refractivity contribution in [3.8, 4) is 0 Å². The number of hydrogen-bond donors (Lipinski definition) is 0. The van der Waals surface area contributed by atoms with Gasteiger partial charge < -0.3 is 0 Å². The van der Waals surface area contributed by atoms with Crippen LogP contribution in [0.2, 0.25) is 0 Å². The Bertz CT molecular complexity index is 702. The molecule has 1 aromatic carbocycles. The zero-order valence-corrected chi connectivity index (χ0v) is 11.5. The highest BCUT2D eigenvalue weighted by molar-refractivity contribution is 6.73. The molecule has 100 valence electrons. The molecule has 0 N–H and O–H groups in total. The van der Waals surface area contributed by atoms with Gasteiger partial charge in [-0.1, -0.05) is 45.0 Å². The molecule has 0 aliphatic carbocycles. The standard InChI is InChI=1S/C14H13N5O/c1-14(2,3)9-6-4-8(5-7-9)10-11-12(18-19-17-11)16-13(20)15-10/h4-7H,1-3H3. The van der Waals surface area contributed by atoms with Crippen molar-refractivity contribution in [1.82, 2.24) is 0 Å². The molecule has 0 saturated heterocycles. The summed E-state index contributed by atoms with van der Waals surface area (Å²) >= 11 is 0. The van der Waals surface area contributed by atoms with Crippen LogP contribution in [0.3, 0.4) is 0 Å². The molecule has 2 aliphatic heterocycles. The summed E-state index contributed by atoms with van der Waals surface area (Å²) in [4.78, 5) is 19.1. The summed E-state index contributed by atoms with van der Waals surface area (Å²) in [6.07, 6.45) is 0. The first-order valence-corrected chi connectivity index (χ1v) is 6.27. The summed E-state index contributed by atoms with van der Waals surface area (Å²) < 4.78 is 0. The Hall–Kier alpha value is -2.50. The first-order valence-electron chi connectivity index (χ1n) is 6.27. The van der Waals surface area contributed by atoms with Gasteiger partial charge in [-0.3, -0.25) is 0 Å². The molecule has 20 heavy (non-hydrogen) atoms. The fourth-order valence-corrected chi connectivity index (χ4v) is 2.02. The molecular weight excluding hydrogens is 254 g/mol. The Balaban J connectivity index is 2.00. The smallest absolute Gasteiger partial charge is 0.244 e. The molecule has 6 heteroatoms. The van der Waals surface area contributed by atoms with Crippen LogP contribution < -0.4 is 0 Å². The lowest BCUT2D eigenvalue weighted by Gasteiger charge is -2.19. The van der Waals surface area contributed by atoms with E-state index in [1.54, 1.807) is 0 Å². The van der Waals surface area contributed by atoms with Gasteiger partial charge in [-0.05, 0) is 16.2 Å². The molecule has 0 radical (unpaired) electrons. The lowest BCUT2D eigenvalue weighted by molar-refractivity contribution is 0.257. The minimum Gasteiger partial charge on any atom is -0.244 e. The van der Waals surface area contributed by atoms with E-state index in [9.17, 15) is 4.79 Å². The van der Waals surface area contributed by atoms with Crippen molar-refractivity contribution in [2.45, 2.75) is 26.2 Å². The Labute approximate surface area is 116 Å². The number of fused-ring (bicyclic) bond motifs is 1. The number of nitrogens with zero attached hydrogens (tertiary/aromatic N) is 5. The molecule has 0 saturated carbocycles. The normalized spacial score (nSPS) is 17.6. The molecule has 0 unspecified atom stereocenters. The van der Waals surface area contributed by atoms with E-state index >= 15 is 0 Å². The zero-order chi connectivity index (χ0) is 14.3. The van der Waals surface area contributed by atoms with E-state index in [1.807, 2.05) is 24.3 Å². The van der Waals surface area contributed by atoms with Gasteiger partial charge in [0.25, 0.3) is 0 Å². The van der Waals surface area contributed by atoms with Gasteiger partial charge >= 0.3 is 6.03 Å². The van der Waals surface area contributed by atoms with Gasteiger partial charge in [0.1, 0.15) is 5.71 Å². The lowest BCUT2D eigenvalue weighted by Crippen LogP contribution is -2.27. The quantitative estimate of drug-likeness (QED) is 0.769. The largest absolute Gasteiger partial charge is 0.369 e. The second-order valence-corrected chi connectivity index (χ2v) is 5.64. The Morgan fingerprint density at radius 1 is 0.950 bits per heavy atom. The van der Waals surface area contributed by atoms with Crippen LogP contribution in [0.4, 0.5) is 4.79 Å². The summed E-state index contributed by atoms with van der Waals surface area (Å²) in [6, 6.07) is 7.33.